The summed E-state index contributed by atoms with van der Waals surface area (Å²) in [7, 11) is 0. The third-order valence-corrected chi connectivity index (χ3v) is 2.89. The Labute approximate surface area is 114 Å². The monoisotopic (exact) mass is 290 g/mol. The van der Waals surface area contributed by atoms with Gasteiger partial charge in [0.25, 0.3) is 0 Å². The van der Waals surface area contributed by atoms with Gasteiger partial charge >= 0.3 is 11.9 Å². The molecule has 0 aromatic heterocycles. The van der Waals surface area contributed by atoms with E-state index in [0.717, 1.165) is 0 Å². The fraction of sp³-hybridized carbons (Fsp3) is 0.333. The number of ether oxygens (including phenoxy) is 1. The van der Waals surface area contributed by atoms with Crippen LogP contribution in [0.25, 0.3) is 0 Å². The van der Waals surface area contributed by atoms with E-state index in [-0.39, 0.29) is 13.0 Å². The lowest BCUT2D eigenvalue weighted by atomic mass is 10.1. The lowest BCUT2D eigenvalue weighted by Gasteiger charge is -2.08. The molecule has 0 aliphatic heterocycles. The Balaban J connectivity index is 2.50. The third-order valence-electron chi connectivity index (χ3n) is 2.30. The summed E-state index contributed by atoms with van der Waals surface area (Å²) in [5, 5.41) is 9.55. The molecule has 1 unspecified atom stereocenters. The number of carbonyl (C=O) groups is 2. The van der Waals surface area contributed by atoms with Crippen LogP contribution in [-0.2, 0) is 20.9 Å². The molecule has 0 heterocycles. The SMILES string of the molecule is CC(CC(=O)OCc1ccc(Cl)cc1Cl)C(=O)O. The minimum atomic E-state index is -1.03. The van der Waals surface area contributed by atoms with E-state index in [4.69, 9.17) is 33.0 Å². The number of halogens is 2. The van der Waals surface area contributed by atoms with Crippen LogP contribution in [0.15, 0.2) is 18.2 Å². The van der Waals surface area contributed by atoms with E-state index in [2.05, 4.69) is 0 Å². The van der Waals surface area contributed by atoms with Gasteiger partial charge in [0.1, 0.15) is 6.61 Å². The van der Waals surface area contributed by atoms with Gasteiger partial charge in [0.2, 0.25) is 0 Å². The lowest BCUT2D eigenvalue weighted by Crippen LogP contribution is -2.16. The van der Waals surface area contributed by atoms with Crippen molar-refractivity contribution in [2.24, 2.45) is 5.92 Å². The van der Waals surface area contributed by atoms with Gasteiger partial charge in [0, 0.05) is 15.6 Å². The van der Waals surface area contributed by atoms with Gasteiger partial charge in [-0.25, -0.2) is 0 Å². The van der Waals surface area contributed by atoms with Crippen LogP contribution in [0.2, 0.25) is 10.0 Å². The van der Waals surface area contributed by atoms with Crippen LogP contribution < -0.4 is 0 Å². The Morgan fingerprint density at radius 3 is 2.61 bits per heavy atom. The van der Waals surface area contributed by atoms with Crippen molar-refractivity contribution in [3.8, 4) is 0 Å². The second-order valence-electron chi connectivity index (χ2n) is 3.84. The van der Waals surface area contributed by atoms with Crippen molar-refractivity contribution in [1.82, 2.24) is 0 Å². The topological polar surface area (TPSA) is 63.6 Å². The molecule has 0 aliphatic carbocycles. The van der Waals surface area contributed by atoms with Gasteiger partial charge < -0.3 is 9.84 Å². The van der Waals surface area contributed by atoms with Crippen LogP contribution in [-0.4, -0.2) is 17.0 Å². The van der Waals surface area contributed by atoms with Crippen LogP contribution in [0.1, 0.15) is 18.9 Å². The van der Waals surface area contributed by atoms with Crippen molar-refractivity contribution in [1.29, 1.82) is 0 Å². The van der Waals surface area contributed by atoms with Gasteiger partial charge in [-0.3, -0.25) is 9.59 Å². The number of aliphatic carboxylic acids is 1. The lowest BCUT2D eigenvalue weighted by molar-refractivity contribution is -0.151. The first-order valence-electron chi connectivity index (χ1n) is 5.22. The van der Waals surface area contributed by atoms with Gasteiger partial charge in [-0.15, -0.1) is 0 Å². The van der Waals surface area contributed by atoms with Gasteiger partial charge in [-0.2, -0.15) is 0 Å². The molecule has 1 aromatic carbocycles. The number of carbonyl (C=O) groups excluding carboxylic acids is 1. The number of hydrogen-bond acceptors (Lipinski definition) is 3. The van der Waals surface area contributed by atoms with Crippen molar-refractivity contribution in [2.45, 2.75) is 20.0 Å². The summed E-state index contributed by atoms with van der Waals surface area (Å²) >= 11 is 11.6. The zero-order valence-electron chi connectivity index (χ0n) is 9.65. The van der Waals surface area contributed by atoms with Gasteiger partial charge in [0.15, 0.2) is 0 Å². The first-order chi connectivity index (χ1) is 8.40. The molecule has 0 bridgehead atoms. The quantitative estimate of drug-likeness (QED) is 0.846. The number of carboxylic acids is 1. The summed E-state index contributed by atoms with van der Waals surface area (Å²) in [6.45, 7) is 1.44. The van der Waals surface area contributed by atoms with E-state index in [1.165, 1.54) is 6.92 Å². The first kappa shape index (κ1) is 14.8. The standard InChI is InChI=1S/C12H12Cl2O4/c1-7(12(16)17)4-11(15)18-6-8-2-3-9(13)5-10(8)14/h2-3,5,7H,4,6H2,1H3,(H,16,17). The van der Waals surface area contributed by atoms with Crippen LogP contribution >= 0.6 is 23.2 Å². The highest BCUT2D eigenvalue weighted by molar-refractivity contribution is 6.35. The fourth-order valence-electron chi connectivity index (χ4n) is 1.19. The van der Waals surface area contributed by atoms with E-state index in [1.807, 2.05) is 0 Å². The molecule has 1 N–H and O–H groups in total. The van der Waals surface area contributed by atoms with Crippen LogP contribution in [0, 0.1) is 5.92 Å². The fourth-order valence-corrected chi connectivity index (χ4v) is 1.66. The minimum absolute atomic E-state index is 0.00117. The van der Waals surface area contributed by atoms with Crippen molar-refractivity contribution in [3.05, 3.63) is 33.8 Å². The highest BCUT2D eigenvalue weighted by atomic mass is 35.5. The molecule has 0 spiro atoms. The van der Waals surface area contributed by atoms with Crippen LogP contribution in [0.5, 0.6) is 0 Å². The van der Waals surface area contributed by atoms with Crippen LogP contribution in [0.3, 0.4) is 0 Å². The van der Waals surface area contributed by atoms with E-state index < -0.39 is 17.9 Å². The zero-order chi connectivity index (χ0) is 13.7. The molecule has 0 saturated heterocycles. The smallest absolute Gasteiger partial charge is 0.306 e. The molecule has 1 aromatic rings. The van der Waals surface area contributed by atoms with Crippen molar-refractivity contribution in [3.63, 3.8) is 0 Å². The molecular formula is C12H12Cl2O4. The van der Waals surface area contributed by atoms with Gasteiger partial charge in [-0.1, -0.05) is 36.2 Å². The molecule has 18 heavy (non-hydrogen) atoms. The van der Waals surface area contributed by atoms with Gasteiger partial charge in [0.05, 0.1) is 12.3 Å². The van der Waals surface area contributed by atoms with Crippen molar-refractivity contribution in [2.75, 3.05) is 0 Å². The number of carboxylic acid groups (broad SMARTS) is 1. The molecule has 0 fully saturated rings. The number of rotatable bonds is 5. The average Bonchev–Trinajstić information content (AvgIpc) is 2.27. The summed E-state index contributed by atoms with van der Waals surface area (Å²) in [6, 6.07) is 4.83. The highest BCUT2D eigenvalue weighted by Gasteiger charge is 2.17. The molecule has 98 valence electrons. The maximum absolute atomic E-state index is 11.4. The van der Waals surface area contributed by atoms with E-state index >= 15 is 0 Å². The highest BCUT2D eigenvalue weighted by Crippen LogP contribution is 2.21. The van der Waals surface area contributed by atoms with Crippen LogP contribution in [0.4, 0.5) is 0 Å². The first-order valence-corrected chi connectivity index (χ1v) is 5.98. The van der Waals surface area contributed by atoms with E-state index in [9.17, 15) is 9.59 Å². The number of benzene rings is 1. The largest absolute Gasteiger partial charge is 0.481 e. The minimum Gasteiger partial charge on any atom is -0.481 e. The van der Waals surface area contributed by atoms with E-state index in [1.54, 1.807) is 18.2 Å². The Morgan fingerprint density at radius 1 is 1.39 bits per heavy atom. The van der Waals surface area contributed by atoms with E-state index in [0.29, 0.717) is 15.6 Å². The third kappa shape index (κ3) is 4.55. The molecule has 0 aliphatic rings. The molecule has 6 heteroatoms. The summed E-state index contributed by atoms with van der Waals surface area (Å²) in [5.74, 6) is -2.37. The van der Waals surface area contributed by atoms with Crippen molar-refractivity contribution < 1.29 is 19.4 Å². The zero-order valence-corrected chi connectivity index (χ0v) is 11.2. The maximum Gasteiger partial charge on any atom is 0.306 e. The Morgan fingerprint density at radius 2 is 2.06 bits per heavy atom. The summed E-state index contributed by atoms with van der Waals surface area (Å²) in [4.78, 5) is 21.9. The molecule has 1 atom stereocenters. The predicted molar refractivity (Wildman–Crippen MR) is 67.7 cm³/mol. The van der Waals surface area contributed by atoms with Gasteiger partial charge in [-0.05, 0) is 12.1 Å². The molecule has 1 rings (SSSR count). The molecule has 4 nitrogen and oxygen atoms in total. The summed E-state index contributed by atoms with van der Waals surface area (Å²) in [6.07, 6.45) is -0.166. The number of hydrogen-bond donors (Lipinski definition) is 1. The predicted octanol–water partition coefficient (Wildman–Crippen LogP) is 3.15. The molecular weight excluding hydrogens is 279 g/mol. The molecule has 0 saturated carbocycles. The Bertz CT molecular complexity index is 459. The average molecular weight is 291 g/mol. The Hall–Kier alpha value is -1.26. The summed E-state index contributed by atoms with van der Waals surface area (Å²) in [5.41, 5.74) is 0.623. The normalized spacial score (nSPS) is 11.9. The van der Waals surface area contributed by atoms with Crippen molar-refractivity contribution >= 4 is 35.1 Å². The second-order valence-corrected chi connectivity index (χ2v) is 4.68. The number of esters is 1. The second kappa shape index (κ2) is 6.61. The molecule has 0 amide bonds. The Kier molecular flexibility index (Phi) is 5.44. The summed E-state index contributed by atoms with van der Waals surface area (Å²) < 4.78 is 4.94. The maximum atomic E-state index is 11.4. The molecule has 0 radical (unpaired) electrons.